The average Bonchev–Trinajstić information content (AvgIpc) is 2.51. The lowest BCUT2D eigenvalue weighted by Crippen LogP contribution is -2.36. The van der Waals surface area contributed by atoms with Gasteiger partial charge in [0.05, 0.1) is 5.69 Å². The molecular weight excluding hydrogens is 236 g/mol. The van der Waals surface area contributed by atoms with Gasteiger partial charge in [0, 0.05) is 32.4 Å². The third kappa shape index (κ3) is 3.74. The highest BCUT2D eigenvalue weighted by Crippen LogP contribution is 2.10. The molecule has 1 aromatic rings. The molecule has 1 rings (SSSR count). The van der Waals surface area contributed by atoms with E-state index >= 15 is 0 Å². The van der Waals surface area contributed by atoms with Crippen LogP contribution in [0.5, 0.6) is 0 Å². The van der Waals surface area contributed by atoms with Gasteiger partial charge in [-0.25, -0.2) is 9.71 Å². The van der Waals surface area contributed by atoms with Crippen molar-refractivity contribution >= 4 is 26.7 Å². The van der Waals surface area contributed by atoms with Crippen molar-refractivity contribution in [1.82, 2.24) is 14.0 Å². The molecule has 0 atom stereocenters. The van der Waals surface area contributed by atoms with Crippen molar-refractivity contribution in [3.8, 4) is 0 Å². The fourth-order valence-electron chi connectivity index (χ4n) is 0.875. The number of rotatable bonds is 5. The number of aromatic nitrogens is 1. The van der Waals surface area contributed by atoms with Crippen molar-refractivity contribution in [1.29, 1.82) is 0 Å². The Kier molecular flexibility index (Phi) is 4.03. The summed E-state index contributed by atoms with van der Waals surface area (Å²) in [5.74, 6) is 0. The van der Waals surface area contributed by atoms with Gasteiger partial charge in [-0.2, -0.15) is 12.7 Å². The molecule has 0 amide bonds. The number of nitrogens with one attached hydrogen (secondary N) is 1. The highest BCUT2D eigenvalue weighted by atomic mass is 32.2. The van der Waals surface area contributed by atoms with E-state index in [1.807, 2.05) is 5.38 Å². The SMILES string of the molecule is CN(C)S(=O)(=O)NCCc1csc(N)n1. The normalized spacial score (nSPS) is 12.2. The molecule has 0 aromatic carbocycles. The zero-order valence-corrected chi connectivity index (χ0v) is 10.2. The highest BCUT2D eigenvalue weighted by Gasteiger charge is 2.11. The van der Waals surface area contributed by atoms with Gasteiger partial charge in [0.1, 0.15) is 0 Å². The van der Waals surface area contributed by atoms with E-state index in [0.717, 1.165) is 10.00 Å². The summed E-state index contributed by atoms with van der Waals surface area (Å²) in [6, 6.07) is 0. The summed E-state index contributed by atoms with van der Waals surface area (Å²) in [7, 11) is -0.383. The summed E-state index contributed by atoms with van der Waals surface area (Å²) in [5, 5.41) is 2.32. The molecule has 15 heavy (non-hydrogen) atoms. The van der Waals surface area contributed by atoms with Crippen LogP contribution in [0.15, 0.2) is 5.38 Å². The van der Waals surface area contributed by atoms with Gasteiger partial charge in [0.25, 0.3) is 10.2 Å². The minimum Gasteiger partial charge on any atom is -0.375 e. The van der Waals surface area contributed by atoms with Crippen LogP contribution in [-0.2, 0) is 16.6 Å². The molecule has 0 aliphatic rings. The van der Waals surface area contributed by atoms with E-state index in [4.69, 9.17) is 5.73 Å². The van der Waals surface area contributed by atoms with Gasteiger partial charge in [0.15, 0.2) is 5.13 Å². The lowest BCUT2D eigenvalue weighted by Gasteiger charge is -2.11. The molecule has 0 aliphatic heterocycles. The largest absolute Gasteiger partial charge is 0.375 e. The van der Waals surface area contributed by atoms with E-state index < -0.39 is 10.2 Å². The minimum atomic E-state index is -3.33. The highest BCUT2D eigenvalue weighted by molar-refractivity contribution is 7.87. The van der Waals surface area contributed by atoms with Crippen molar-refractivity contribution in [2.24, 2.45) is 0 Å². The van der Waals surface area contributed by atoms with E-state index in [1.54, 1.807) is 0 Å². The molecule has 3 N–H and O–H groups in total. The van der Waals surface area contributed by atoms with Gasteiger partial charge in [-0.1, -0.05) is 0 Å². The standard InChI is InChI=1S/C7H14N4O2S2/c1-11(2)15(12,13)9-4-3-6-5-14-7(8)10-6/h5,9H,3-4H2,1-2H3,(H2,8,10). The van der Waals surface area contributed by atoms with Crippen LogP contribution in [0.4, 0.5) is 5.13 Å². The Morgan fingerprint density at radius 1 is 1.60 bits per heavy atom. The van der Waals surface area contributed by atoms with Crippen molar-refractivity contribution < 1.29 is 8.42 Å². The van der Waals surface area contributed by atoms with E-state index in [9.17, 15) is 8.42 Å². The van der Waals surface area contributed by atoms with Crippen LogP contribution in [0.25, 0.3) is 0 Å². The fraction of sp³-hybridized carbons (Fsp3) is 0.571. The van der Waals surface area contributed by atoms with Gasteiger partial charge in [-0.15, -0.1) is 11.3 Å². The van der Waals surface area contributed by atoms with Gasteiger partial charge in [-0.05, 0) is 0 Å². The third-order valence-corrected chi connectivity index (χ3v) is 3.97. The molecule has 86 valence electrons. The maximum atomic E-state index is 11.3. The number of hydrogen-bond donors (Lipinski definition) is 2. The molecule has 0 saturated carbocycles. The van der Waals surface area contributed by atoms with E-state index in [-0.39, 0.29) is 0 Å². The van der Waals surface area contributed by atoms with E-state index in [0.29, 0.717) is 18.1 Å². The summed E-state index contributed by atoms with van der Waals surface area (Å²) < 4.78 is 26.2. The van der Waals surface area contributed by atoms with E-state index in [1.165, 1.54) is 25.4 Å². The Hall–Kier alpha value is -0.700. The summed E-state index contributed by atoms with van der Waals surface area (Å²) in [5.41, 5.74) is 6.25. The minimum absolute atomic E-state index is 0.323. The molecule has 1 heterocycles. The quantitative estimate of drug-likeness (QED) is 0.748. The lowest BCUT2D eigenvalue weighted by atomic mass is 10.3. The van der Waals surface area contributed by atoms with Gasteiger partial charge in [-0.3, -0.25) is 0 Å². The molecular formula is C7H14N4O2S2. The smallest absolute Gasteiger partial charge is 0.278 e. The van der Waals surface area contributed by atoms with E-state index in [2.05, 4.69) is 9.71 Å². The van der Waals surface area contributed by atoms with Crippen LogP contribution in [0.2, 0.25) is 0 Å². The third-order valence-electron chi connectivity index (χ3n) is 1.72. The average molecular weight is 250 g/mol. The maximum Gasteiger partial charge on any atom is 0.278 e. The lowest BCUT2D eigenvalue weighted by molar-refractivity contribution is 0.506. The topological polar surface area (TPSA) is 88.3 Å². The first-order chi connectivity index (χ1) is 6.92. The van der Waals surface area contributed by atoms with Crippen molar-refractivity contribution in [3.63, 3.8) is 0 Å². The molecule has 0 spiro atoms. The molecule has 6 nitrogen and oxygen atoms in total. The first-order valence-corrected chi connectivity index (χ1v) is 6.61. The number of thiazole rings is 1. The zero-order valence-electron chi connectivity index (χ0n) is 8.60. The van der Waals surface area contributed by atoms with Crippen LogP contribution in [0.3, 0.4) is 0 Å². The molecule has 8 heteroatoms. The van der Waals surface area contributed by atoms with Crippen LogP contribution in [0, 0.1) is 0 Å². The summed E-state index contributed by atoms with van der Waals surface area (Å²) in [4.78, 5) is 4.02. The van der Waals surface area contributed by atoms with Gasteiger partial charge in [0.2, 0.25) is 0 Å². The summed E-state index contributed by atoms with van der Waals surface area (Å²) >= 11 is 1.35. The Bertz CT molecular complexity index is 412. The number of anilines is 1. The molecule has 0 saturated heterocycles. The van der Waals surface area contributed by atoms with Gasteiger partial charge >= 0.3 is 0 Å². The predicted molar refractivity (Wildman–Crippen MR) is 60.8 cm³/mol. The molecule has 0 radical (unpaired) electrons. The second-order valence-corrected chi connectivity index (χ2v) is 5.97. The second kappa shape index (κ2) is 4.88. The number of hydrogen-bond acceptors (Lipinski definition) is 5. The van der Waals surface area contributed by atoms with Crippen LogP contribution in [-0.4, -0.2) is 38.3 Å². The number of nitrogens with zero attached hydrogens (tertiary/aromatic N) is 2. The monoisotopic (exact) mass is 250 g/mol. The van der Waals surface area contributed by atoms with Gasteiger partial charge < -0.3 is 5.73 Å². The maximum absolute atomic E-state index is 11.3. The first kappa shape index (κ1) is 12.4. The van der Waals surface area contributed by atoms with Crippen molar-refractivity contribution in [2.75, 3.05) is 26.4 Å². The van der Waals surface area contributed by atoms with Crippen molar-refractivity contribution in [2.45, 2.75) is 6.42 Å². The second-order valence-electron chi connectivity index (χ2n) is 3.11. The molecule has 0 aliphatic carbocycles. The Morgan fingerprint density at radius 2 is 2.27 bits per heavy atom. The number of nitrogens with two attached hydrogens (primary N) is 1. The summed E-state index contributed by atoms with van der Waals surface area (Å²) in [6.45, 7) is 0.323. The first-order valence-electron chi connectivity index (χ1n) is 4.29. The summed E-state index contributed by atoms with van der Waals surface area (Å²) in [6.07, 6.45) is 0.542. The molecule has 0 bridgehead atoms. The van der Waals surface area contributed by atoms with Crippen molar-refractivity contribution in [3.05, 3.63) is 11.1 Å². The molecule has 1 aromatic heterocycles. The Labute approximate surface area is 93.3 Å². The Morgan fingerprint density at radius 3 is 2.73 bits per heavy atom. The number of nitrogen functional groups attached to an aromatic ring is 1. The Balaban J connectivity index is 2.40. The van der Waals surface area contributed by atoms with Crippen LogP contribution >= 0.6 is 11.3 Å². The van der Waals surface area contributed by atoms with Crippen LogP contribution < -0.4 is 10.5 Å². The molecule has 0 unspecified atom stereocenters. The molecule has 0 fully saturated rings. The fourth-order valence-corrected chi connectivity index (χ4v) is 2.09. The van der Waals surface area contributed by atoms with Crippen LogP contribution in [0.1, 0.15) is 5.69 Å². The zero-order chi connectivity index (χ0) is 11.5. The predicted octanol–water partition coefficient (Wildman–Crippen LogP) is -0.336.